The van der Waals surface area contributed by atoms with E-state index in [-0.39, 0.29) is 0 Å². The average Bonchev–Trinajstić information content (AvgIpc) is 2.14. The van der Waals surface area contributed by atoms with Gasteiger partial charge in [-0.2, -0.15) is 0 Å². The highest BCUT2D eigenvalue weighted by atomic mass is 16.6. The van der Waals surface area contributed by atoms with Gasteiger partial charge in [-0.25, -0.2) is 4.79 Å². The van der Waals surface area contributed by atoms with Gasteiger partial charge in [-0.1, -0.05) is 12.1 Å². The minimum atomic E-state index is -0.511. The van der Waals surface area contributed by atoms with Crippen LogP contribution in [0.25, 0.3) is 0 Å². The number of rotatable bonds is 1. The van der Waals surface area contributed by atoms with Crippen LogP contribution in [0.15, 0.2) is 18.2 Å². The second-order valence-electron chi connectivity index (χ2n) is 5.05. The van der Waals surface area contributed by atoms with E-state index >= 15 is 0 Å². The van der Waals surface area contributed by atoms with Crippen molar-refractivity contribution in [2.45, 2.75) is 33.3 Å². The predicted octanol–water partition coefficient (Wildman–Crippen LogP) is 2.95. The zero-order chi connectivity index (χ0) is 13.2. The molecule has 0 aromatic heterocycles. The quantitative estimate of drug-likeness (QED) is 0.763. The molecule has 0 bridgehead atoms. The lowest BCUT2D eigenvalue weighted by Crippen LogP contribution is -2.34. The lowest BCUT2D eigenvalue weighted by atomic mass is 10.1. The van der Waals surface area contributed by atoms with E-state index in [1.165, 1.54) is 4.90 Å². The fraction of sp³-hybridized carbons (Fsp3) is 0.462. The number of carbonyl (C=O) groups excluding carboxylic acids is 1. The van der Waals surface area contributed by atoms with Crippen LogP contribution in [0.3, 0.4) is 0 Å². The number of aryl methyl sites for hydroxylation is 1. The third-order valence-corrected chi connectivity index (χ3v) is 2.27. The molecule has 0 atom stereocenters. The number of amides is 1. The van der Waals surface area contributed by atoms with Crippen LogP contribution < -0.4 is 10.6 Å². The smallest absolute Gasteiger partial charge is 0.414 e. The zero-order valence-corrected chi connectivity index (χ0v) is 11.1. The minimum Gasteiger partial charge on any atom is -0.443 e. The van der Waals surface area contributed by atoms with Gasteiger partial charge >= 0.3 is 6.09 Å². The Balaban J connectivity index is 2.97. The molecule has 4 nitrogen and oxygen atoms in total. The van der Waals surface area contributed by atoms with Gasteiger partial charge < -0.3 is 10.5 Å². The fourth-order valence-electron chi connectivity index (χ4n) is 1.56. The molecule has 1 amide bonds. The van der Waals surface area contributed by atoms with E-state index in [9.17, 15) is 4.79 Å². The Labute approximate surface area is 102 Å². The van der Waals surface area contributed by atoms with Gasteiger partial charge in [-0.3, -0.25) is 4.90 Å². The highest BCUT2D eigenvalue weighted by molar-refractivity contribution is 5.92. The number of nitrogens with two attached hydrogens (primary N) is 1. The van der Waals surface area contributed by atoms with E-state index in [1.807, 2.05) is 39.8 Å². The molecule has 4 heteroatoms. The predicted molar refractivity (Wildman–Crippen MR) is 70.2 cm³/mol. The Morgan fingerprint density at radius 2 is 1.94 bits per heavy atom. The average molecular weight is 236 g/mol. The largest absolute Gasteiger partial charge is 0.443 e. The summed E-state index contributed by atoms with van der Waals surface area (Å²) < 4.78 is 5.30. The Morgan fingerprint density at radius 3 is 2.41 bits per heavy atom. The molecular weight excluding hydrogens is 216 g/mol. The number of hydrogen-bond acceptors (Lipinski definition) is 3. The van der Waals surface area contributed by atoms with Crippen LogP contribution in [0.4, 0.5) is 16.2 Å². The first-order valence-electron chi connectivity index (χ1n) is 5.54. The Bertz CT molecular complexity index is 402. The SMILES string of the molecule is Cc1cccc(N)c1N(C)C(=O)OC(C)(C)C. The number of para-hydroxylation sites is 1. The van der Waals surface area contributed by atoms with E-state index in [1.54, 1.807) is 13.1 Å². The maximum Gasteiger partial charge on any atom is 0.414 e. The van der Waals surface area contributed by atoms with Crippen molar-refractivity contribution in [1.82, 2.24) is 0 Å². The van der Waals surface area contributed by atoms with E-state index in [2.05, 4.69) is 0 Å². The molecule has 0 aliphatic heterocycles. The summed E-state index contributed by atoms with van der Waals surface area (Å²) in [5.74, 6) is 0. The van der Waals surface area contributed by atoms with Crippen LogP contribution in [-0.2, 0) is 4.74 Å². The molecule has 0 spiro atoms. The van der Waals surface area contributed by atoms with Crippen molar-refractivity contribution in [2.75, 3.05) is 17.7 Å². The molecular formula is C13H20N2O2. The van der Waals surface area contributed by atoms with Crippen LogP contribution in [0.1, 0.15) is 26.3 Å². The molecule has 94 valence electrons. The molecule has 0 aliphatic rings. The lowest BCUT2D eigenvalue weighted by Gasteiger charge is -2.26. The first kappa shape index (κ1) is 13.4. The molecule has 1 aromatic rings. The van der Waals surface area contributed by atoms with Crippen LogP contribution in [-0.4, -0.2) is 18.7 Å². The van der Waals surface area contributed by atoms with E-state index in [4.69, 9.17) is 10.5 Å². The minimum absolute atomic E-state index is 0.404. The van der Waals surface area contributed by atoms with Gasteiger partial charge in [0.15, 0.2) is 0 Å². The molecule has 0 fully saturated rings. The highest BCUT2D eigenvalue weighted by Crippen LogP contribution is 2.27. The molecule has 0 saturated heterocycles. The molecule has 17 heavy (non-hydrogen) atoms. The number of nitrogen functional groups attached to an aromatic ring is 1. The number of nitrogens with zero attached hydrogens (tertiary/aromatic N) is 1. The van der Waals surface area contributed by atoms with Crippen molar-refractivity contribution < 1.29 is 9.53 Å². The molecule has 0 radical (unpaired) electrons. The van der Waals surface area contributed by atoms with Crippen LogP contribution >= 0.6 is 0 Å². The van der Waals surface area contributed by atoms with Gasteiger partial charge in [-0.05, 0) is 39.3 Å². The maximum atomic E-state index is 11.9. The Hall–Kier alpha value is -1.71. The number of ether oxygens (including phenoxy) is 1. The topological polar surface area (TPSA) is 55.6 Å². The van der Waals surface area contributed by atoms with Gasteiger partial charge in [-0.15, -0.1) is 0 Å². The highest BCUT2D eigenvalue weighted by Gasteiger charge is 2.22. The van der Waals surface area contributed by atoms with Crippen molar-refractivity contribution >= 4 is 17.5 Å². The summed E-state index contributed by atoms with van der Waals surface area (Å²) >= 11 is 0. The summed E-state index contributed by atoms with van der Waals surface area (Å²) in [6, 6.07) is 5.53. The van der Waals surface area contributed by atoms with E-state index in [0.717, 1.165) is 5.56 Å². The van der Waals surface area contributed by atoms with Crippen molar-refractivity contribution in [3.63, 3.8) is 0 Å². The van der Waals surface area contributed by atoms with E-state index in [0.29, 0.717) is 11.4 Å². The summed E-state index contributed by atoms with van der Waals surface area (Å²) in [5.41, 5.74) is 7.57. The number of benzene rings is 1. The summed E-state index contributed by atoms with van der Waals surface area (Å²) in [6.07, 6.45) is -0.404. The molecule has 2 N–H and O–H groups in total. The zero-order valence-electron chi connectivity index (χ0n) is 11.1. The molecule has 0 heterocycles. The summed E-state index contributed by atoms with van der Waals surface area (Å²) in [5, 5.41) is 0. The molecule has 0 saturated carbocycles. The third kappa shape index (κ3) is 3.37. The van der Waals surface area contributed by atoms with Crippen molar-refractivity contribution in [3.05, 3.63) is 23.8 Å². The summed E-state index contributed by atoms with van der Waals surface area (Å²) in [4.78, 5) is 13.4. The van der Waals surface area contributed by atoms with Crippen LogP contribution in [0.2, 0.25) is 0 Å². The first-order chi connectivity index (χ1) is 7.72. The molecule has 0 unspecified atom stereocenters. The number of carbonyl (C=O) groups is 1. The van der Waals surface area contributed by atoms with Crippen molar-refractivity contribution in [1.29, 1.82) is 0 Å². The van der Waals surface area contributed by atoms with E-state index < -0.39 is 11.7 Å². The summed E-state index contributed by atoms with van der Waals surface area (Å²) in [6.45, 7) is 7.41. The lowest BCUT2D eigenvalue weighted by molar-refractivity contribution is 0.0589. The van der Waals surface area contributed by atoms with Gasteiger partial charge in [0, 0.05) is 7.05 Å². The fourth-order valence-corrected chi connectivity index (χ4v) is 1.56. The number of hydrogen-bond donors (Lipinski definition) is 1. The monoisotopic (exact) mass is 236 g/mol. The van der Waals surface area contributed by atoms with Gasteiger partial charge in [0.25, 0.3) is 0 Å². The molecule has 1 rings (SSSR count). The normalized spacial score (nSPS) is 11.1. The molecule has 0 aliphatic carbocycles. The Morgan fingerprint density at radius 1 is 1.35 bits per heavy atom. The Kier molecular flexibility index (Phi) is 3.66. The second kappa shape index (κ2) is 4.65. The van der Waals surface area contributed by atoms with Gasteiger partial charge in [0.1, 0.15) is 5.60 Å². The second-order valence-corrected chi connectivity index (χ2v) is 5.05. The van der Waals surface area contributed by atoms with Crippen LogP contribution in [0.5, 0.6) is 0 Å². The van der Waals surface area contributed by atoms with Gasteiger partial charge in [0.2, 0.25) is 0 Å². The standard InChI is InChI=1S/C13H20N2O2/c1-9-7-6-8-10(14)11(9)15(5)12(16)17-13(2,3)4/h6-8H,14H2,1-5H3. The van der Waals surface area contributed by atoms with Crippen LogP contribution in [0, 0.1) is 6.92 Å². The summed E-state index contributed by atoms with van der Waals surface area (Å²) in [7, 11) is 1.66. The number of anilines is 2. The third-order valence-electron chi connectivity index (χ3n) is 2.27. The molecule has 1 aromatic carbocycles. The van der Waals surface area contributed by atoms with Crippen molar-refractivity contribution in [3.8, 4) is 0 Å². The van der Waals surface area contributed by atoms with Crippen molar-refractivity contribution in [2.24, 2.45) is 0 Å². The van der Waals surface area contributed by atoms with Gasteiger partial charge in [0.05, 0.1) is 11.4 Å². The maximum absolute atomic E-state index is 11.9. The first-order valence-corrected chi connectivity index (χ1v) is 5.54.